The monoisotopic (exact) mass is 181 g/mol. The van der Waals surface area contributed by atoms with Crippen LogP contribution in [0.1, 0.15) is 6.92 Å². The Balaban J connectivity index is 2.61. The van der Waals surface area contributed by atoms with E-state index in [9.17, 15) is 0 Å². The topological polar surface area (TPSA) is 22.1 Å². The third kappa shape index (κ3) is 2.44. The van der Waals surface area contributed by atoms with Crippen LogP contribution in [-0.4, -0.2) is 11.6 Å². The predicted molar refractivity (Wildman–Crippen MR) is 48.2 cm³/mol. The van der Waals surface area contributed by atoms with Crippen LogP contribution in [0.2, 0.25) is 5.15 Å². The minimum absolute atomic E-state index is 0.349. The van der Waals surface area contributed by atoms with Crippen LogP contribution in [0.3, 0.4) is 0 Å². The molecule has 0 saturated heterocycles. The maximum atomic E-state index is 5.72. The van der Waals surface area contributed by atoms with Gasteiger partial charge in [-0.1, -0.05) is 17.5 Å². The van der Waals surface area contributed by atoms with Crippen LogP contribution in [0.5, 0.6) is 5.75 Å². The van der Waals surface area contributed by atoms with Gasteiger partial charge in [0, 0.05) is 6.20 Å². The van der Waals surface area contributed by atoms with Crippen LogP contribution in [0.4, 0.5) is 0 Å². The van der Waals surface area contributed by atoms with E-state index < -0.39 is 0 Å². The number of hydrogen-bond donors (Lipinski definition) is 0. The summed E-state index contributed by atoms with van der Waals surface area (Å²) in [7, 11) is 0. The van der Waals surface area contributed by atoms with Crippen molar-refractivity contribution < 1.29 is 4.74 Å². The van der Waals surface area contributed by atoms with Gasteiger partial charge in [0.25, 0.3) is 0 Å². The molecule has 12 heavy (non-hydrogen) atoms. The Bertz CT molecular complexity index is 314. The molecule has 0 aliphatic carbocycles. The van der Waals surface area contributed by atoms with Gasteiger partial charge < -0.3 is 4.74 Å². The number of nitrogens with zero attached hydrogens (tertiary/aromatic N) is 1. The van der Waals surface area contributed by atoms with Crippen molar-refractivity contribution >= 4 is 11.6 Å². The molecule has 0 aromatic carbocycles. The lowest BCUT2D eigenvalue weighted by molar-refractivity contribution is 0.369. The largest absolute Gasteiger partial charge is 0.478 e. The zero-order chi connectivity index (χ0) is 8.81. The number of aromatic nitrogens is 1. The van der Waals surface area contributed by atoms with E-state index in [0.29, 0.717) is 17.5 Å². The molecule has 62 valence electrons. The zero-order valence-corrected chi connectivity index (χ0v) is 7.43. The fourth-order valence-electron chi connectivity index (χ4n) is 0.665. The van der Waals surface area contributed by atoms with Crippen molar-refractivity contribution in [1.29, 1.82) is 0 Å². The lowest BCUT2D eigenvalue weighted by Crippen LogP contribution is -1.94. The molecule has 0 aliphatic rings. The van der Waals surface area contributed by atoms with Gasteiger partial charge in [-0.3, -0.25) is 0 Å². The second-order valence-corrected chi connectivity index (χ2v) is 2.37. The molecule has 1 rings (SSSR count). The summed E-state index contributed by atoms with van der Waals surface area (Å²) < 4.78 is 5.21. The first-order valence-corrected chi connectivity index (χ1v) is 3.85. The van der Waals surface area contributed by atoms with Crippen LogP contribution in [0.25, 0.3) is 0 Å². The van der Waals surface area contributed by atoms with Gasteiger partial charge in [0.1, 0.15) is 6.61 Å². The average Bonchev–Trinajstić information content (AvgIpc) is 2.09. The van der Waals surface area contributed by atoms with E-state index in [2.05, 4.69) is 16.8 Å². The highest BCUT2D eigenvalue weighted by molar-refractivity contribution is 6.30. The van der Waals surface area contributed by atoms with Crippen molar-refractivity contribution in [3.63, 3.8) is 0 Å². The van der Waals surface area contributed by atoms with Crippen molar-refractivity contribution in [1.82, 2.24) is 4.98 Å². The van der Waals surface area contributed by atoms with Gasteiger partial charge in [0.2, 0.25) is 0 Å². The van der Waals surface area contributed by atoms with Gasteiger partial charge in [0.05, 0.1) is 0 Å². The SMILES string of the molecule is CC#CCOc1cccnc1Cl. The number of hydrogen-bond acceptors (Lipinski definition) is 2. The molecule has 0 spiro atoms. The summed E-state index contributed by atoms with van der Waals surface area (Å²) in [5.74, 6) is 6.06. The molecule has 0 N–H and O–H groups in total. The maximum absolute atomic E-state index is 5.72. The van der Waals surface area contributed by atoms with Gasteiger partial charge in [-0.15, -0.1) is 5.92 Å². The van der Waals surface area contributed by atoms with Gasteiger partial charge in [-0.2, -0.15) is 0 Å². The summed E-state index contributed by atoms with van der Waals surface area (Å²) in [5.41, 5.74) is 0. The van der Waals surface area contributed by atoms with Crippen LogP contribution < -0.4 is 4.74 Å². The quantitative estimate of drug-likeness (QED) is 0.515. The van der Waals surface area contributed by atoms with E-state index in [1.165, 1.54) is 0 Å². The summed E-state index contributed by atoms with van der Waals surface area (Å²) in [4.78, 5) is 3.85. The molecule has 0 fully saturated rings. The molecule has 3 heteroatoms. The van der Waals surface area contributed by atoms with E-state index in [0.717, 1.165) is 0 Å². The molecular weight excluding hydrogens is 174 g/mol. The summed E-state index contributed by atoms with van der Waals surface area (Å²) >= 11 is 5.72. The first-order chi connectivity index (χ1) is 5.84. The highest BCUT2D eigenvalue weighted by Gasteiger charge is 1.98. The maximum Gasteiger partial charge on any atom is 0.171 e. The Hall–Kier alpha value is -1.20. The van der Waals surface area contributed by atoms with Crippen molar-refractivity contribution in [2.45, 2.75) is 6.92 Å². The van der Waals surface area contributed by atoms with Gasteiger partial charge in [-0.25, -0.2) is 4.98 Å². The van der Waals surface area contributed by atoms with E-state index >= 15 is 0 Å². The zero-order valence-electron chi connectivity index (χ0n) is 6.67. The molecule has 0 radical (unpaired) electrons. The summed E-state index contributed by atoms with van der Waals surface area (Å²) in [5, 5.41) is 0.371. The Labute approximate surface area is 76.5 Å². The number of rotatable bonds is 2. The molecule has 1 aromatic heterocycles. The average molecular weight is 182 g/mol. The summed E-state index contributed by atoms with van der Waals surface area (Å²) in [6.07, 6.45) is 1.61. The third-order valence-corrected chi connectivity index (χ3v) is 1.49. The van der Waals surface area contributed by atoms with Gasteiger partial charge in [-0.05, 0) is 19.1 Å². The molecule has 2 nitrogen and oxygen atoms in total. The molecular formula is C9H8ClNO. The second-order valence-electron chi connectivity index (χ2n) is 2.01. The van der Waals surface area contributed by atoms with E-state index in [1.807, 2.05) is 0 Å². The first kappa shape index (κ1) is 8.89. The van der Waals surface area contributed by atoms with Crippen LogP contribution in [0, 0.1) is 11.8 Å². The van der Waals surface area contributed by atoms with Crippen molar-refractivity contribution in [2.75, 3.05) is 6.61 Å². The highest BCUT2D eigenvalue weighted by Crippen LogP contribution is 2.19. The Morgan fingerprint density at radius 3 is 3.17 bits per heavy atom. The Morgan fingerprint density at radius 2 is 2.50 bits per heavy atom. The minimum Gasteiger partial charge on any atom is -0.478 e. The standard InChI is InChI=1S/C9H8ClNO/c1-2-3-7-12-8-5-4-6-11-9(8)10/h4-6H,7H2,1H3. The number of pyridine rings is 1. The van der Waals surface area contributed by atoms with E-state index in [1.54, 1.807) is 25.3 Å². The first-order valence-electron chi connectivity index (χ1n) is 3.47. The molecule has 0 bridgehead atoms. The van der Waals surface area contributed by atoms with Crippen LogP contribution in [0.15, 0.2) is 18.3 Å². The molecule has 0 unspecified atom stereocenters. The molecule has 1 aromatic rings. The Kier molecular flexibility index (Phi) is 3.43. The third-order valence-electron chi connectivity index (χ3n) is 1.20. The van der Waals surface area contributed by atoms with E-state index in [4.69, 9.17) is 16.3 Å². The normalized spacial score (nSPS) is 8.50. The fraction of sp³-hybridized carbons (Fsp3) is 0.222. The number of halogens is 1. The smallest absolute Gasteiger partial charge is 0.171 e. The highest BCUT2D eigenvalue weighted by atomic mass is 35.5. The van der Waals surface area contributed by atoms with Crippen molar-refractivity contribution in [3.8, 4) is 17.6 Å². The minimum atomic E-state index is 0.349. The van der Waals surface area contributed by atoms with Crippen LogP contribution in [-0.2, 0) is 0 Å². The van der Waals surface area contributed by atoms with Gasteiger partial charge in [0.15, 0.2) is 10.9 Å². The Morgan fingerprint density at radius 1 is 1.67 bits per heavy atom. The van der Waals surface area contributed by atoms with Gasteiger partial charge >= 0.3 is 0 Å². The van der Waals surface area contributed by atoms with Crippen molar-refractivity contribution in [3.05, 3.63) is 23.5 Å². The lowest BCUT2D eigenvalue weighted by atomic mass is 10.5. The van der Waals surface area contributed by atoms with Crippen LogP contribution >= 0.6 is 11.6 Å². The predicted octanol–water partition coefficient (Wildman–Crippen LogP) is 2.14. The second kappa shape index (κ2) is 4.63. The molecule has 0 saturated carbocycles. The summed E-state index contributed by atoms with van der Waals surface area (Å²) in [6, 6.07) is 3.52. The fourth-order valence-corrected chi connectivity index (χ4v) is 0.839. The number of ether oxygens (including phenoxy) is 1. The molecule has 0 atom stereocenters. The van der Waals surface area contributed by atoms with Crippen molar-refractivity contribution in [2.24, 2.45) is 0 Å². The summed E-state index contributed by atoms with van der Waals surface area (Å²) in [6.45, 7) is 2.11. The molecule has 1 heterocycles. The van der Waals surface area contributed by atoms with E-state index in [-0.39, 0.29) is 0 Å². The lowest BCUT2D eigenvalue weighted by Gasteiger charge is -2.01. The molecule has 0 aliphatic heterocycles. The molecule has 0 amide bonds.